The van der Waals surface area contributed by atoms with Crippen LogP contribution in [0.4, 0.5) is 0 Å². The summed E-state index contributed by atoms with van der Waals surface area (Å²) in [6.07, 6.45) is 4.76. The summed E-state index contributed by atoms with van der Waals surface area (Å²) in [7, 11) is 0. The normalized spacial score (nSPS) is 28.9. The van der Waals surface area contributed by atoms with Crippen molar-refractivity contribution in [2.24, 2.45) is 16.6 Å². The summed E-state index contributed by atoms with van der Waals surface area (Å²) in [4.78, 5) is 18.8. The number of carbonyl (C=O) groups is 1. The highest BCUT2D eigenvalue weighted by Crippen LogP contribution is 2.30. The lowest BCUT2D eigenvalue weighted by Crippen LogP contribution is -2.34. The maximum atomic E-state index is 12.0. The first-order chi connectivity index (χ1) is 9.74. The quantitative estimate of drug-likeness (QED) is 0.819. The zero-order valence-electron chi connectivity index (χ0n) is 11.7. The number of amidine groups is 1. The van der Waals surface area contributed by atoms with Gasteiger partial charge in [-0.05, 0) is 31.1 Å². The lowest BCUT2D eigenvalue weighted by Gasteiger charge is -2.25. The summed E-state index contributed by atoms with van der Waals surface area (Å²) in [5, 5.41) is 6.35. The van der Waals surface area contributed by atoms with Crippen LogP contribution in [0.3, 0.4) is 0 Å². The third-order valence-corrected chi connectivity index (χ3v) is 5.14. The molecule has 0 spiro atoms. The van der Waals surface area contributed by atoms with Gasteiger partial charge in [0.2, 0.25) is 5.91 Å². The Kier molecular flexibility index (Phi) is 4.31. The molecular weight excluding hydrogens is 272 g/mol. The Hall–Kier alpha value is -1.01. The zero-order valence-corrected chi connectivity index (χ0v) is 12.5. The standard InChI is InChI=1S/C14H22N4OS/c15-11-3-2-10(8-11)13(19)16-6-4-12-9-20-14-17-5-1-7-18(12)14/h9-11H,1-8,15H2,(H,16,19)/t10-,11+/m0/s1. The molecule has 110 valence electrons. The highest BCUT2D eigenvalue weighted by atomic mass is 32.2. The predicted molar refractivity (Wildman–Crippen MR) is 82.2 cm³/mol. The molecule has 2 heterocycles. The Bertz CT molecular complexity index is 448. The number of nitrogens with zero attached hydrogens (tertiary/aromatic N) is 2. The van der Waals surface area contributed by atoms with Crippen molar-refractivity contribution in [3.05, 3.63) is 11.1 Å². The van der Waals surface area contributed by atoms with E-state index in [-0.39, 0.29) is 17.9 Å². The van der Waals surface area contributed by atoms with Gasteiger partial charge in [0, 0.05) is 43.7 Å². The molecule has 3 N–H and O–H groups in total. The van der Waals surface area contributed by atoms with Crippen molar-refractivity contribution < 1.29 is 4.79 Å². The van der Waals surface area contributed by atoms with Crippen LogP contribution in [0.25, 0.3) is 0 Å². The van der Waals surface area contributed by atoms with E-state index in [4.69, 9.17) is 5.73 Å². The molecule has 5 nitrogen and oxygen atoms in total. The van der Waals surface area contributed by atoms with Crippen LogP contribution in [-0.2, 0) is 4.79 Å². The maximum Gasteiger partial charge on any atom is 0.223 e. The summed E-state index contributed by atoms with van der Waals surface area (Å²) < 4.78 is 0. The van der Waals surface area contributed by atoms with E-state index in [2.05, 4.69) is 20.6 Å². The third kappa shape index (κ3) is 3.01. The highest BCUT2D eigenvalue weighted by molar-refractivity contribution is 8.16. The highest BCUT2D eigenvalue weighted by Gasteiger charge is 2.28. The van der Waals surface area contributed by atoms with Gasteiger partial charge in [-0.25, -0.2) is 0 Å². The minimum atomic E-state index is 0.129. The van der Waals surface area contributed by atoms with E-state index in [1.165, 1.54) is 5.70 Å². The second kappa shape index (κ2) is 6.18. The molecule has 0 aromatic carbocycles. The molecule has 1 aliphatic carbocycles. The van der Waals surface area contributed by atoms with Crippen LogP contribution in [-0.4, -0.2) is 41.7 Å². The third-order valence-electron chi connectivity index (χ3n) is 4.19. The topological polar surface area (TPSA) is 70.7 Å². The monoisotopic (exact) mass is 294 g/mol. The number of aliphatic imine (C=N–C) groups is 1. The van der Waals surface area contributed by atoms with Crippen molar-refractivity contribution in [1.82, 2.24) is 10.2 Å². The molecule has 0 unspecified atom stereocenters. The Morgan fingerprint density at radius 1 is 1.55 bits per heavy atom. The number of nitrogens with one attached hydrogen (secondary N) is 1. The number of nitrogens with two attached hydrogens (primary N) is 1. The first kappa shape index (κ1) is 13.9. The van der Waals surface area contributed by atoms with Crippen LogP contribution >= 0.6 is 11.8 Å². The lowest BCUT2D eigenvalue weighted by molar-refractivity contribution is -0.124. The smallest absolute Gasteiger partial charge is 0.223 e. The molecule has 1 saturated carbocycles. The Morgan fingerprint density at radius 3 is 3.25 bits per heavy atom. The van der Waals surface area contributed by atoms with E-state index in [0.29, 0.717) is 6.54 Å². The van der Waals surface area contributed by atoms with Crippen LogP contribution in [0.1, 0.15) is 32.1 Å². The minimum absolute atomic E-state index is 0.129. The molecule has 1 fully saturated rings. The first-order valence-corrected chi connectivity index (χ1v) is 8.33. The summed E-state index contributed by atoms with van der Waals surface area (Å²) >= 11 is 1.70. The number of thioether (sulfide) groups is 1. The summed E-state index contributed by atoms with van der Waals surface area (Å²) in [6.45, 7) is 2.71. The van der Waals surface area contributed by atoms with Crippen molar-refractivity contribution in [3.63, 3.8) is 0 Å². The molecular formula is C14H22N4OS. The van der Waals surface area contributed by atoms with Crippen molar-refractivity contribution >= 4 is 22.8 Å². The fraction of sp³-hybridized carbons (Fsp3) is 0.714. The molecule has 1 amide bonds. The Labute approximate surface area is 124 Å². The molecule has 2 atom stereocenters. The van der Waals surface area contributed by atoms with Gasteiger partial charge in [-0.3, -0.25) is 9.79 Å². The van der Waals surface area contributed by atoms with Crippen LogP contribution in [0.15, 0.2) is 16.1 Å². The number of fused-ring (bicyclic) bond motifs is 1. The van der Waals surface area contributed by atoms with Gasteiger partial charge in [0.15, 0.2) is 5.17 Å². The van der Waals surface area contributed by atoms with Gasteiger partial charge in [0.05, 0.1) is 0 Å². The van der Waals surface area contributed by atoms with E-state index in [0.717, 1.165) is 50.4 Å². The fourth-order valence-electron chi connectivity index (χ4n) is 3.04. The second-order valence-corrected chi connectivity index (χ2v) is 6.54. The van der Waals surface area contributed by atoms with Crippen molar-refractivity contribution in [2.45, 2.75) is 38.1 Å². The van der Waals surface area contributed by atoms with Crippen molar-refractivity contribution in [3.8, 4) is 0 Å². The summed E-state index contributed by atoms with van der Waals surface area (Å²) in [5.41, 5.74) is 7.14. The largest absolute Gasteiger partial charge is 0.355 e. The number of hydrogen-bond acceptors (Lipinski definition) is 5. The average molecular weight is 294 g/mol. The molecule has 6 heteroatoms. The van der Waals surface area contributed by atoms with Crippen LogP contribution in [0.2, 0.25) is 0 Å². The molecule has 20 heavy (non-hydrogen) atoms. The van der Waals surface area contributed by atoms with Crippen LogP contribution in [0.5, 0.6) is 0 Å². The van der Waals surface area contributed by atoms with E-state index in [9.17, 15) is 4.79 Å². The van der Waals surface area contributed by atoms with Gasteiger partial charge in [-0.15, -0.1) is 0 Å². The van der Waals surface area contributed by atoms with Crippen LogP contribution < -0.4 is 11.1 Å². The molecule has 0 bridgehead atoms. The van der Waals surface area contributed by atoms with E-state index in [1.54, 1.807) is 11.8 Å². The number of hydrogen-bond donors (Lipinski definition) is 2. The molecule has 0 saturated heterocycles. The SMILES string of the molecule is N[C@@H]1CC[C@H](C(=O)NCCC2=CSC3=NCCCN23)C1. The molecule has 0 aromatic heterocycles. The number of rotatable bonds is 4. The van der Waals surface area contributed by atoms with Gasteiger partial charge in [0.25, 0.3) is 0 Å². The van der Waals surface area contributed by atoms with Crippen molar-refractivity contribution in [1.29, 1.82) is 0 Å². The van der Waals surface area contributed by atoms with Crippen molar-refractivity contribution in [2.75, 3.05) is 19.6 Å². The van der Waals surface area contributed by atoms with E-state index < -0.39 is 0 Å². The van der Waals surface area contributed by atoms with Gasteiger partial charge in [-0.2, -0.15) is 0 Å². The fourth-order valence-corrected chi connectivity index (χ4v) is 4.03. The first-order valence-electron chi connectivity index (χ1n) is 7.45. The maximum absolute atomic E-state index is 12.0. The van der Waals surface area contributed by atoms with E-state index in [1.807, 2.05) is 0 Å². The summed E-state index contributed by atoms with van der Waals surface area (Å²) in [6, 6.07) is 0.215. The Balaban J connectivity index is 1.43. The molecule has 0 aromatic rings. The van der Waals surface area contributed by atoms with Gasteiger partial charge in [0.1, 0.15) is 0 Å². The zero-order chi connectivity index (χ0) is 13.9. The van der Waals surface area contributed by atoms with Gasteiger partial charge in [-0.1, -0.05) is 11.8 Å². The number of carbonyl (C=O) groups excluding carboxylic acids is 1. The van der Waals surface area contributed by atoms with Crippen LogP contribution in [0, 0.1) is 5.92 Å². The van der Waals surface area contributed by atoms with Gasteiger partial charge < -0.3 is 16.0 Å². The summed E-state index contributed by atoms with van der Waals surface area (Å²) in [5.74, 6) is 0.306. The Morgan fingerprint density at radius 2 is 2.45 bits per heavy atom. The lowest BCUT2D eigenvalue weighted by atomic mass is 10.1. The molecule has 3 aliphatic rings. The second-order valence-electron chi connectivity index (χ2n) is 5.71. The molecule has 3 rings (SSSR count). The average Bonchev–Trinajstić information content (AvgIpc) is 3.06. The molecule has 2 aliphatic heterocycles. The number of amides is 1. The van der Waals surface area contributed by atoms with Gasteiger partial charge >= 0.3 is 0 Å². The minimum Gasteiger partial charge on any atom is -0.355 e. The van der Waals surface area contributed by atoms with E-state index >= 15 is 0 Å². The predicted octanol–water partition coefficient (Wildman–Crippen LogP) is 1.27. The molecule has 0 radical (unpaired) electrons.